The third kappa shape index (κ3) is 5.92. The number of amides is 2. The molecule has 3 rings (SSSR count). The Bertz CT molecular complexity index is 1000. The summed E-state index contributed by atoms with van der Waals surface area (Å²) in [5.41, 5.74) is 1.35. The highest BCUT2D eigenvalue weighted by Crippen LogP contribution is 2.20. The Labute approximate surface area is 189 Å². The maximum atomic E-state index is 12.6. The molecule has 2 aromatic rings. The molecule has 8 nitrogen and oxygen atoms in total. The van der Waals surface area contributed by atoms with Gasteiger partial charge in [0.1, 0.15) is 6.54 Å². The number of nitrogens with one attached hydrogen (secondary N) is 1. The zero-order valence-electron chi connectivity index (χ0n) is 16.4. The van der Waals surface area contributed by atoms with Crippen molar-refractivity contribution in [1.82, 2.24) is 4.90 Å². The predicted molar refractivity (Wildman–Crippen MR) is 123 cm³/mol. The fourth-order valence-electron chi connectivity index (χ4n) is 2.98. The van der Waals surface area contributed by atoms with Gasteiger partial charge in [0.05, 0.1) is 25.2 Å². The maximum absolute atomic E-state index is 12.6. The molecular weight excluding hydrogens is 521 g/mol. The van der Waals surface area contributed by atoms with Crippen molar-refractivity contribution in [1.29, 1.82) is 0 Å². The SMILES string of the molecule is CS(=O)(=O)N(CC(=O)Nc1ccc(I)cc1)c1ccc(C(=O)N2CCOCC2)cc1. The Morgan fingerprint density at radius 3 is 2.23 bits per heavy atom. The fourth-order valence-corrected chi connectivity index (χ4v) is 4.20. The number of anilines is 2. The van der Waals surface area contributed by atoms with Gasteiger partial charge in [-0.3, -0.25) is 13.9 Å². The summed E-state index contributed by atoms with van der Waals surface area (Å²) in [6.45, 7) is 1.67. The van der Waals surface area contributed by atoms with E-state index in [1.165, 1.54) is 12.1 Å². The first kappa shape index (κ1) is 22.5. The highest BCUT2D eigenvalue weighted by atomic mass is 127. The van der Waals surface area contributed by atoms with Crippen LogP contribution >= 0.6 is 22.6 Å². The van der Waals surface area contributed by atoms with E-state index in [1.807, 2.05) is 12.1 Å². The molecule has 1 N–H and O–H groups in total. The van der Waals surface area contributed by atoms with Crippen molar-refractivity contribution >= 4 is 55.8 Å². The lowest BCUT2D eigenvalue weighted by molar-refractivity contribution is -0.114. The normalized spacial score (nSPS) is 14.3. The lowest BCUT2D eigenvalue weighted by atomic mass is 10.1. The van der Waals surface area contributed by atoms with Gasteiger partial charge < -0.3 is 15.0 Å². The smallest absolute Gasteiger partial charge is 0.254 e. The van der Waals surface area contributed by atoms with E-state index in [1.54, 1.807) is 29.2 Å². The summed E-state index contributed by atoms with van der Waals surface area (Å²) in [6, 6.07) is 13.4. The first-order valence-corrected chi connectivity index (χ1v) is 12.2. The molecule has 0 bridgehead atoms. The van der Waals surface area contributed by atoms with Gasteiger partial charge in [0.15, 0.2) is 0 Å². The van der Waals surface area contributed by atoms with Gasteiger partial charge in [0, 0.05) is 27.9 Å². The molecule has 1 saturated heterocycles. The van der Waals surface area contributed by atoms with Crippen LogP contribution in [0.3, 0.4) is 0 Å². The monoisotopic (exact) mass is 543 g/mol. The van der Waals surface area contributed by atoms with Crippen LogP contribution in [-0.2, 0) is 19.6 Å². The number of carbonyl (C=O) groups excluding carboxylic acids is 2. The van der Waals surface area contributed by atoms with E-state index >= 15 is 0 Å². The Morgan fingerprint density at radius 1 is 1.07 bits per heavy atom. The second kappa shape index (κ2) is 9.75. The van der Waals surface area contributed by atoms with Crippen molar-refractivity contribution in [2.75, 3.05) is 48.7 Å². The average Bonchev–Trinajstić information content (AvgIpc) is 2.73. The molecule has 0 radical (unpaired) electrons. The Kier molecular flexibility index (Phi) is 7.32. The average molecular weight is 543 g/mol. The van der Waals surface area contributed by atoms with E-state index < -0.39 is 15.9 Å². The first-order valence-electron chi connectivity index (χ1n) is 9.24. The number of nitrogens with zero attached hydrogens (tertiary/aromatic N) is 2. The number of halogens is 1. The van der Waals surface area contributed by atoms with Gasteiger partial charge in [-0.25, -0.2) is 8.42 Å². The van der Waals surface area contributed by atoms with Gasteiger partial charge in [0.25, 0.3) is 5.91 Å². The highest BCUT2D eigenvalue weighted by Gasteiger charge is 2.23. The minimum absolute atomic E-state index is 0.132. The van der Waals surface area contributed by atoms with E-state index in [0.29, 0.717) is 43.2 Å². The van der Waals surface area contributed by atoms with Gasteiger partial charge in [-0.15, -0.1) is 0 Å². The molecule has 0 aromatic heterocycles. The van der Waals surface area contributed by atoms with Crippen LogP contribution in [0.1, 0.15) is 10.4 Å². The zero-order chi connectivity index (χ0) is 21.7. The van der Waals surface area contributed by atoms with Crippen LogP contribution in [0.5, 0.6) is 0 Å². The molecule has 30 heavy (non-hydrogen) atoms. The van der Waals surface area contributed by atoms with E-state index in [9.17, 15) is 18.0 Å². The minimum atomic E-state index is -3.71. The largest absolute Gasteiger partial charge is 0.378 e. The second-order valence-electron chi connectivity index (χ2n) is 6.78. The summed E-state index contributed by atoms with van der Waals surface area (Å²) in [5.74, 6) is -0.595. The van der Waals surface area contributed by atoms with Crippen molar-refractivity contribution in [3.63, 3.8) is 0 Å². The van der Waals surface area contributed by atoms with Crippen molar-refractivity contribution in [3.05, 3.63) is 57.7 Å². The van der Waals surface area contributed by atoms with Gasteiger partial charge in [0.2, 0.25) is 15.9 Å². The highest BCUT2D eigenvalue weighted by molar-refractivity contribution is 14.1. The van der Waals surface area contributed by atoms with Crippen LogP contribution in [0.4, 0.5) is 11.4 Å². The van der Waals surface area contributed by atoms with Crippen LogP contribution in [0.25, 0.3) is 0 Å². The number of rotatable bonds is 6. The molecule has 0 aliphatic carbocycles. The van der Waals surface area contributed by atoms with Gasteiger partial charge >= 0.3 is 0 Å². The molecule has 0 atom stereocenters. The molecule has 160 valence electrons. The number of hydrogen-bond donors (Lipinski definition) is 1. The van der Waals surface area contributed by atoms with Crippen LogP contribution in [0, 0.1) is 3.57 Å². The van der Waals surface area contributed by atoms with Gasteiger partial charge in [-0.1, -0.05) is 0 Å². The quantitative estimate of drug-likeness (QED) is 0.564. The van der Waals surface area contributed by atoms with E-state index in [0.717, 1.165) is 14.1 Å². The Hall–Kier alpha value is -2.18. The summed E-state index contributed by atoms with van der Waals surface area (Å²) in [7, 11) is -3.71. The van der Waals surface area contributed by atoms with E-state index in [4.69, 9.17) is 4.74 Å². The topological polar surface area (TPSA) is 96.0 Å². The number of carbonyl (C=O) groups is 2. The number of sulfonamides is 1. The molecule has 1 aliphatic rings. The van der Waals surface area contributed by atoms with Gasteiger partial charge in [-0.2, -0.15) is 0 Å². The van der Waals surface area contributed by atoms with Crippen LogP contribution in [-0.4, -0.2) is 64.2 Å². The zero-order valence-corrected chi connectivity index (χ0v) is 19.4. The molecule has 1 heterocycles. The molecule has 0 spiro atoms. The molecule has 0 unspecified atom stereocenters. The first-order chi connectivity index (χ1) is 14.2. The van der Waals surface area contributed by atoms with Crippen molar-refractivity contribution in [3.8, 4) is 0 Å². The van der Waals surface area contributed by atoms with Crippen LogP contribution < -0.4 is 9.62 Å². The molecule has 0 saturated carbocycles. The lowest BCUT2D eigenvalue weighted by Crippen LogP contribution is -2.40. The third-order valence-corrected chi connectivity index (χ3v) is 6.38. The van der Waals surface area contributed by atoms with Crippen LogP contribution in [0.15, 0.2) is 48.5 Å². The molecule has 1 fully saturated rings. The molecule has 2 amide bonds. The number of benzene rings is 2. The van der Waals surface area contributed by atoms with Crippen molar-refractivity contribution in [2.45, 2.75) is 0 Å². The summed E-state index contributed by atoms with van der Waals surface area (Å²) in [6.07, 6.45) is 1.04. The predicted octanol–water partition coefficient (Wildman–Crippen LogP) is 2.17. The van der Waals surface area contributed by atoms with Crippen molar-refractivity contribution in [2.24, 2.45) is 0 Å². The molecular formula is C20H22IN3O5S. The second-order valence-corrected chi connectivity index (χ2v) is 9.93. The minimum Gasteiger partial charge on any atom is -0.378 e. The van der Waals surface area contributed by atoms with Crippen LogP contribution in [0.2, 0.25) is 0 Å². The molecule has 10 heteroatoms. The van der Waals surface area contributed by atoms with Crippen molar-refractivity contribution < 1.29 is 22.7 Å². The number of morpholine rings is 1. The summed E-state index contributed by atoms with van der Waals surface area (Å²) < 4.78 is 31.9. The number of hydrogen-bond acceptors (Lipinski definition) is 5. The van der Waals surface area contributed by atoms with E-state index in [-0.39, 0.29) is 12.5 Å². The lowest BCUT2D eigenvalue weighted by Gasteiger charge is -2.27. The summed E-state index contributed by atoms with van der Waals surface area (Å²) >= 11 is 2.16. The molecule has 1 aliphatic heterocycles. The molecule has 2 aromatic carbocycles. The summed E-state index contributed by atoms with van der Waals surface area (Å²) in [5, 5.41) is 2.69. The Morgan fingerprint density at radius 2 is 1.67 bits per heavy atom. The third-order valence-electron chi connectivity index (χ3n) is 4.52. The summed E-state index contributed by atoms with van der Waals surface area (Å²) in [4.78, 5) is 26.7. The number of ether oxygens (including phenoxy) is 1. The Balaban J connectivity index is 1.72. The maximum Gasteiger partial charge on any atom is 0.254 e. The standard InChI is InChI=1S/C20H22IN3O5S/c1-30(27,28)24(14-19(25)22-17-6-4-16(21)5-7-17)18-8-2-15(3-9-18)20(26)23-10-12-29-13-11-23/h2-9H,10-14H2,1H3,(H,22,25). The fraction of sp³-hybridized carbons (Fsp3) is 0.300. The van der Waals surface area contributed by atoms with Gasteiger partial charge in [-0.05, 0) is 71.1 Å². The van der Waals surface area contributed by atoms with E-state index in [2.05, 4.69) is 27.9 Å².